The predicted molar refractivity (Wildman–Crippen MR) is 46.0 cm³/mol. The number of hydrogen-bond acceptors (Lipinski definition) is 4. The van der Waals surface area contributed by atoms with E-state index in [1.165, 1.54) is 11.3 Å². The first-order valence-corrected chi connectivity index (χ1v) is 4.27. The van der Waals surface area contributed by atoms with Gasteiger partial charge in [-0.05, 0) is 0 Å². The van der Waals surface area contributed by atoms with Crippen molar-refractivity contribution in [3.05, 3.63) is 17.8 Å². The van der Waals surface area contributed by atoms with Crippen LogP contribution in [0.15, 0.2) is 17.8 Å². The van der Waals surface area contributed by atoms with Crippen molar-refractivity contribution in [1.82, 2.24) is 14.8 Å². The van der Waals surface area contributed by atoms with Gasteiger partial charge in [0, 0.05) is 24.2 Å². The standard InChI is InChI=1S/C7H7N3OS/c1-10-3-5(2-8-10)6-4-12-7(11)9-6/h2-4H,1H3,(H,9,11). The smallest absolute Gasteiger partial charge is 0.271 e. The highest BCUT2D eigenvalue weighted by atomic mass is 32.1. The van der Waals surface area contributed by atoms with Gasteiger partial charge >= 0.3 is 0 Å². The summed E-state index contributed by atoms with van der Waals surface area (Å²) < 4.78 is 1.70. The molecular formula is C7H7N3OS. The molecule has 2 rings (SSSR count). The maximum Gasteiger partial charge on any atom is 0.271 e. The summed E-state index contributed by atoms with van der Waals surface area (Å²) in [5.41, 5.74) is 1.69. The normalized spacial score (nSPS) is 10.4. The van der Waals surface area contributed by atoms with Gasteiger partial charge in [-0.25, -0.2) is 4.98 Å². The molecule has 0 fully saturated rings. The zero-order valence-corrected chi connectivity index (χ0v) is 7.25. The Morgan fingerprint density at radius 1 is 1.58 bits per heavy atom. The van der Waals surface area contributed by atoms with Gasteiger partial charge < -0.3 is 5.11 Å². The highest BCUT2D eigenvalue weighted by Gasteiger charge is 2.04. The Morgan fingerprint density at radius 2 is 2.42 bits per heavy atom. The van der Waals surface area contributed by atoms with E-state index in [0.29, 0.717) is 0 Å². The zero-order chi connectivity index (χ0) is 8.55. The molecule has 4 nitrogen and oxygen atoms in total. The Morgan fingerprint density at radius 3 is 2.92 bits per heavy atom. The Labute approximate surface area is 73.1 Å². The molecule has 0 saturated heterocycles. The first-order chi connectivity index (χ1) is 5.75. The van der Waals surface area contributed by atoms with E-state index in [0.717, 1.165) is 11.3 Å². The van der Waals surface area contributed by atoms with Gasteiger partial charge in [-0.3, -0.25) is 4.68 Å². The van der Waals surface area contributed by atoms with Gasteiger partial charge in [0.25, 0.3) is 5.19 Å². The van der Waals surface area contributed by atoms with Crippen LogP contribution >= 0.6 is 11.3 Å². The molecule has 0 bridgehead atoms. The van der Waals surface area contributed by atoms with Gasteiger partial charge in [0.05, 0.1) is 11.9 Å². The molecule has 0 saturated carbocycles. The van der Waals surface area contributed by atoms with Gasteiger partial charge in [-0.15, -0.1) is 0 Å². The molecule has 0 aromatic carbocycles. The lowest BCUT2D eigenvalue weighted by Gasteiger charge is -1.85. The largest absolute Gasteiger partial charge is 0.486 e. The molecule has 0 aliphatic carbocycles. The van der Waals surface area contributed by atoms with Crippen LogP contribution in [0.25, 0.3) is 11.3 Å². The van der Waals surface area contributed by atoms with E-state index in [-0.39, 0.29) is 5.19 Å². The Kier molecular flexibility index (Phi) is 1.58. The second-order valence-electron chi connectivity index (χ2n) is 2.42. The summed E-state index contributed by atoms with van der Waals surface area (Å²) in [6.45, 7) is 0. The van der Waals surface area contributed by atoms with Gasteiger partial charge in [0.2, 0.25) is 0 Å². The van der Waals surface area contributed by atoms with Crippen molar-refractivity contribution in [3.8, 4) is 16.5 Å². The van der Waals surface area contributed by atoms with Crippen molar-refractivity contribution >= 4 is 11.3 Å². The SMILES string of the molecule is Cn1cc(-c2csc(O)n2)cn1. The van der Waals surface area contributed by atoms with Crippen LogP contribution in [0.2, 0.25) is 0 Å². The summed E-state index contributed by atoms with van der Waals surface area (Å²) in [5.74, 6) is 0. The fraction of sp³-hybridized carbons (Fsp3) is 0.143. The maximum atomic E-state index is 9.00. The van der Waals surface area contributed by atoms with Gasteiger partial charge in [0.1, 0.15) is 0 Å². The van der Waals surface area contributed by atoms with Crippen molar-refractivity contribution in [2.24, 2.45) is 7.05 Å². The van der Waals surface area contributed by atoms with Crippen molar-refractivity contribution in [2.75, 3.05) is 0 Å². The lowest BCUT2D eigenvalue weighted by Crippen LogP contribution is -1.84. The quantitative estimate of drug-likeness (QED) is 0.720. The van der Waals surface area contributed by atoms with Crippen LogP contribution in [0.3, 0.4) is 0 Å². The first-order valence-electron chi connectivity index (χ1n) is 3.39. The number of aryl methyl sites for hydroxylation is 1. The summed E-state index contributed by atoms with van der Waals surface area (Å²) in [4.78, 5) is 3.92. The third kappa shape index (κ3) is 1.18. The molecule has 0 aliphatic rings. The lowest BCUT2D eigenvalue weighted by atomic mass is 10.3. The van der Waals surface area contributed by atoms with Crippen LogP contribution in [0.4, 0.5) is 0 Å². The average Bonchev–Trinajstić information content (AvgIpc) is 2.58. The third-order valence-electron chi connectivity index (χ3n) is 1.49. The van der Waals surface area contributed by atoms with E-state index in [2.05, 4.69) is 10.1 Å². The summed E-state index contributed by atoms with van der Waals surface area (Å²) in [7, 11) is 1.84. The van der Waals surface area contributed by atoms with Gasteiger partial charge in [-0.1, -0.05) is 11.3 Å². The van der Waals surface area contributed by atoms with E-state index in [1.54, 1.807) is 16.3 Å². The topological polar surface area (TPSA) is 50.9 Å². The first kappa shape index (κ1) is 7.30. The third-order valence-corrected chi connectivity index (χ3v) is 2.14. The minimum Gasteiger partial charge on any atom is -0.486 e. The minimum absolute atomic E-state index is 0.0915. The van der Waals surface area contributed by atoms with Crippen LogP contribution in [-0.4, -0.2) is 19.9 Å². The number of rotatable bonds is 1. The van der Waals surface area contributed by atoms with Crippen LogP contribution in [0.5, 0.6) is 5.19 Å². The maximum absolute atomic E-state index is 9.00. The van der Waals surface area contributed by atoms with E-state index in [4.69, 9.17) is 5.11 Å². The molecule has 0 spiro atoms. The molecule has 62 valence electrons. The van der Waals surface area contributed by atoms with E-state index < -0.39 is 0 Å². The summed E-state index contributed by atoms with van der Waals surface area (Å²) in [6.07, 6.45) is 3.57. The average molecular weight is 181 g/mol. The molecule has 5 heteroatoms. The van der Waals surface area contributed by atoms with Crippen molar-refractivity contribution in [3.63, 3.8) is 0 Å². The molecule has 2 aromatic rings. The van der Waals surface area contributed by atoms with Crippen LogP contribution in [0.1, 0.15) is 0 Å². The highest BCUT2D eigenvalue weighted by molar-refractivity contribution is 7.11. The molecule has 2 aromatic heterocycles. The van der Waals surface area contributed by atoms with Crippen LogP contribution in [0, 0.1) is 0 Å². The number of aromatic hydroxyl groups is 1. The Hall–Kier alpha value is -1.36. The second-order valence-corrected chi connectivity index (χ2v) is 3.25. The molecule has 0 unspecified atom stereocenters. The number of thiazole rings is 1. The van der Waals surface area contributed by atoms with Gasteiger partial charge in [0.15, 0.2) is 0 Å². The molecule has 2 heterocycles. The van der Waals surface area contributed by atoms with Gasteiger partial charge in [-0.2, -0.15) is 5.10 Å². The fourth-order valence-electron chi connectivity index (χ4n) is 0.950. The number of aromatic nitrogens is 3. The molecular weight excluding hydrogens is 174 g/mol. The van der Waals surface area contributed by atoms with Crippen molar-refractivity contribution < 1.29 is 5.11 Å². The summed E-state index contributed by atoms with van der Waals surface area (Å²) in [5, 5.41) is 14.9. The van der Waals surface area contributed by atoms with E-state index >= 15 is 0 Å². The molecule has 1 N–H and O–H groups in total. The summed E-state index contributed by atoms with van der Waals surface area (Å²) >= 11 is 1.22. The minimum atomic E-state index is 0.0915. The zero-order valence-electron chi connectivity index (χ0n) is 6.43. The lowest BCUT2D eigenvalue weighted by molar-refractivity contribution is 0.471. The van der Waals surface area contributed by atoms with Crippen LogP contribution in [-0.2, 0) is 7.05 Å². The Bertz CT molecular complexity index is 355. The number of hydrogen-bond donors (Lipinski definition) is 1. The second kappa shape index (κ2) is 2.60. The number of nitrogens with zero attached hydrogens (tertiary/aromatic N) is 3. The highest BCUT2D eigenvalue weighted by Crippen LogP contribution is 2.24. The van der Waals surface area contributed by atoms with E-state index in [9.17, 15) is 0 Å². The fourth-order valence-corrected chi connectivity index (χ4v) is 1.51. The molecule has 0 amide bonds. The molecule has 0 aliphatic heterocycles. The monoisotopic (exact) mass is 181 g/mol. The van der Waals surface area contributed by atoms with Crippen molar-refractivity contribution in [2.45, 2.75) is 0 Å². The molecule has 0 atom stereocenters. The predicted octanol–water partition coefficient (Wildman–Crippen LogP) is 1.25. The molecule has 12 heavy (non-hydrogen) atoms. The Balaban J connectivity index is 2.43. The van der Waals surface area contributed by atoms with Crippen LogP contribution < -0.4 is 0 Å². The molecule has 0 radical (unpaired) electrons. The van der Waals surface area contributed by atoms with Crippen molar-refractivity contribution in [1.29, 1.82) is 0 Å². The van der Waals surface area contributed by atoms with E-state index in [1.807, 2.05) is 13.2 Å². The summed E-state index contributed by atoms with van der Waals surface area (Å²) in [6, 6.07) is 0.